The number of nitrogens with zero attached hydrogens (tertiary/aromatic N) is 3. The van der Waals surface area contributed by atoms with Crippen molar-refractivity contribution >= 4 is 27.3 Å². The van der Waals surface area contributed by atoms with Crippen LogP contribution in [0, 0.1) is 13.8 Å². The molecule has 162 valence electrons. The van der Waals surface area contributed by atoms with Gasteiger partial charge in [-0.25, -0.2) is 8.42 Å². The second-order valence-electron chi connectivity index (χ2n) is 8.01. The molecule has 0 bridgehead atoms. The van der Waals surface area contributed by atoms with Crippen molar-refractivity contribution in [3.8, 4) is 0 Å². The highest BCUT2D eigenvalue weighted by atomic mass is 32.2. The van der Waals surface area contributed by atoms with Crippen LogP contribution in [0.4, 0.5) is 11.4 Å². The second kappa shape index (κ2) is 8.39. The van der Waals surface area contributed by atoms with Gasteiger partial charge in [-0.2, -0.15) is 4.31 Å². The highest BCUT2D eigenvalue weighted by molar-refractivity contribution is 7.89. The molecule has 2 aromatic rings. The van der Waals surface area contributed by atoms with E-state index in [4.69, 9.17) is 4.52 Å². The average Bonchev–Trinajstić information content (AvgIpc) is 3.37. The van der Waals surface area contributed by atoms with E-state index in [0.29, 0.717) is 30.8 Å². The Kier molecular flexibility index (Phi) is 5.84. The Bertz CT molecular complexity index is 991. The molecule has 1 amide bonds. The van der Waals surface area contributed by atoms with Crippen LogP contribution in [0.25, 0.3) is 0 Å². The number of benzene rings is 1. The molecule has 1 aromatic heterocycles. The summed E-state index contributed by atoms with van der Waals surface area (Å²) in [6.07, 6.45) is 4.81. The molecule has 2 aliphatic heterocycles. The van der Waals surface area contributed by atoms with Gasteiger partial charge in [-0.3, -0.25) is 4.79 Å². The summed E-state index contributed by atoms with van der Waals surface area (Å²) in [5.74, 6) is -0.0691. The molecular formula is C21H28N4O4S. The Hall–Kier alpha value is -2.39. The number of hydrogen-bond donors (Lipinski definition) is 1. The smallest absolute Gasteiger partial charge is 0.249 e. The number of carbonyl (C=O) groups is 1. The summed E-state index contributed by atoms with van der Waals surface area (Å²) in [6.45, 7) is 5.59. The predicted molar refractivity (Wildman–Crippen MR) is 114 cm³/mol. The molecule has 0 radical (unpaired) electrons. The van der Waals surface area contributed by atoms with E-state index in [2.05, 4.69) is 15.4 Å². The molecule has 9 heteroatoms. The van der Waals surface area contributed by atoms with Gasteiger partial charge in [0.1, 0.15) is 16.6 Å². The number of sulfonamides is 1. The van der Waals surface area contributed by atoms with Crippen LogP contribution >= 0.6 is 0 Å². The van der Waals surface area contributed by atoms with Crippen molar-refractivity contribution in [3.63, 3.8) is 0 Å². The fourth-order valence-electron chi connectivity index (χ4n) is 4.38. The van der Waals surface area contributed by atoms with Crippen LogP contribution < -0.4 is 10.2 Å². The number of hydrogen-bond acceptors (Lipinski definition) is 6. The highest BCUT2D eigenvalue weighted by Crippen LogP contribution is 2.30. The van der Waals surface area contributed by atoms with Crippen molar-refractivity contribution in [3.05, 3.63) is 35.7 Å². The third-order valence-electron chi connectivity index (χ3n) is 5.90. The molecule has 3 heterocycles. The monoisotopic (exact) mass is 432 g/mol. The number of nitrogens with one attached hydrogen (secondary N) is 1. The van der Waals surface area contributed by atoms with E-state index in [0.717, 1.165) is 18.8 Å². The molecule has 8 nitrogen and oxygen atoms in total. The lowest BCUT2D eigenvalue weighted by Crippen LogP contribution is -2.43. The lowest BCUT2D eigenvalue weighted by Gasteiger charge is -2.29. The summed E-state index contributed by atoms with van der Waals surface area (Å²) < 4.78 is 32.6. The van der Waals surface area contributed by atoms with Crippen LogP contribution in [0.3, 0.4) is 0 Å². The van der Waals surface area contributed by atoms with E-state index < -0.39 is 16.1 Å². The molecule has 1 atom stereocenters. The molecular weight excluding hydrogens is 404 g/mol. The van der Waals surface area contributed by atoms with Gasteiger partial charge in [-0.15, -0.1) is 0 Å². The van der Waals surface area contributed by atoms with E-state index >= 15 is 0 Å². The predicted octanol–water partition coefficient (Wildman–Crippen LogP) is 3.07. The molecule has 1 aromatic carbocycles. The lowest BCUT2D eigenvalue weighted by molar-refractivity contribution is -0.119. The first-order valence-electron chi connectivity index (χ1n) is 10.5. The third-order valence-corrected chi connectivity index (χ3v) is 8.05. The molecule has 1 N–H and O–H groups in total. The van der Waals surface area contributed by atoms with Gasteiger partial charge in [-0.05, 0) is 70.2 Å². The van der Waals surface area contributed by atoms with Crippen LogP contribution in [0.1, 0.15) is 43.6 Å². The summed E-state index contributed by atoms with van der Waals surface area (Å²) in [5, 5.41) is 6.64. The van der Waals surface area contributed by atoms with E-state index in [1.165, 1.54) is 23.6 Å². The maximum atomic E-state index is 13.2. The van der Waals surface area contributed by atoms with Gasteiger partial charge in [0.05, 0.1) is 0 Å². The molecule has 0 unspecified atom stereocenters. The van der Waals surface area contributed by atoms with Gasteiger partial charge < -0.3 is 14.7 Å². The minimum absolute atomic E-state index is 0.0630. The van der Waals surface area contributed by atoms with Gasteiger partial charge in [0, 0.05) is 31.0 Å². The van der Waals surface area contributed by atoms with Crippen LogP contribution in [0.15, 0.2) is 33.7 Å². The van der Waals surface area contributed by atoms with Crippen LogP contribution in [-0.2, 0) is 14.8 Å². The van der Waals surface area contributed by atoms with Crippen molar-refractivity contribution in [1.29, 1.82) is 0 Å². The molecule has 2 aliphatic rings. The molecule has 4 rings (SSSR count). The van der Waals surface area contributed by atoms with Crippen molar-refractivity contribution < 1.29 is 17.7 Å². The Morgan fingerprint density at radius 1 is 1.07 bits per heavy atom. The maximum Gasteiger partial charge on any atom is 0.249 e. The van der Waals surface area contributed by atoms with E-state index in [-0.39, 0.29) is 16.6 Å². The molecule has 0 aliphatic carbocycles. The highest BCUT2D eigenvalue weighted by Gasteiger charge is 2.41. The molecule has 30 heavy (non-hydrogen) atoms. The zero-order valence-corrected chi connectivity index (χ0v) is 18.2. The van der Waals surface area contributed by atoms with E-state index in [9.17, 15) is 13.2 Å². The van der Waals surface area contributed by atoms with Crippen LogP contribution in [-0.4, -0.2) is 49.5 Å². The number of carbonyl (C=O) groups excluding carboxylic acids is 1. The molecule has 2 fully saturated rings. The lowest BCUT2D eigenvalue weighted by atomic mass is 10.1. The van der Waals surface area contributed by atoms with Crippen molar-refractivity contribution in [1.82, 2.24) is 9.46 Å². The zero-order chi connectivity index (χ0) is 21.3. The standard InChI is InChI=1S/C21H28N4O4S/c1-15-20(16(2)29-23-15)30(27,28)25-14-6-7-19(25)21(26)22-17-8-10-18(11-9-17)24-12-4-3-5-13-24/h8-11,19H,3-7,12-14H2,1-2H3,(H,22,26)/t19-/m1/s1. The molecule has 0 spiro atoms. The number of aromatic nitrogens is 1. The first kappa shape index (κ1) is 20.9. The largest absolute Gasteiger partial charge is 0.372 e. The summed E-state index contributed by atoms with van der Waals surface area (Å²) in [6, 6.07) is 7.03. The summed E-state index contributed by atoms with van der Waals surface area (Å²) in [5.41, 5.74) is 2.13. The first-order chi connectivity index (χ1) is 14.4. The van der Waals surface area contributed by atoms with Gasteiger partial charge in [0.15, 0.2) is 5.76 Å². The number of piperidine rings is 1. The maximum absolute atomic E-state index is 13.2. The third kappa shape index (κ3) is 3.96. The normalized spacial score (nSPS) is 20.5. The number of anilines is 2. The minimum Gasteiger partial charge on any atom is -0.372 e. The van der Waals surface area contributed by atoms with Gasteiger partial charge in [-0.1, -0.05) is 5.16 Å². The zero-order valence-electron chi connectivity index (χ0n) is 17.4. The summed E-state index contributed by atoms with van der Waals surface area (Å²) in [7, 11) is -3.85. The SMILES string of the molecule is Cc1noc(C)c1S(=O)(=O)N1CCC[C@@H]1C(=O)Nc1ccc(N2CCCCC2)cc1. The first-order valence-corrected chi connectivity index (χ1v) is 11.9. The summed E-state index contributed by atoms with van der Waals surface area (Å²) in [4.78, 5) is 15.3. The number of amides is 1. The van der Waals surface area contributed by atoms with Crippen LogP contribution in [0.2, 0.25) is 0 Å². The van der Waals surface area contributed by atoms with E-state index in [1.54, 1.807) is 13.8 Å². The van der Waals surface area contributed by atoms with Gasteiger partial charge in [0.2, 0.25) is 15.9 Å². The van der Waals surface area contributed by atoms with Crippen molar-refractivity contribution in [2.24, 2.45) is 0 Å². The fourth-order valence-corrected chi connectivity index (χ4v) is 6.33. The average molecular weight is 433 g/mol. The van der Waals surface area contributed by atoms with Crippen molar-refractivity contribution in [2.45, 2.75) is 56.9 Å². The Labute approximate surface area is 177 Å². The molecule has 2 saturated heterocycles. The Morgan fingerprint density at radius 3 is 2.40 bits per heavy atom. The van der Waals surface area contributed by atoms with Crippen molar-refractivity contribution in [2.75, 3.05) is 29.9 Å². The minimum atomic E-state index is -3.85. The number of aryl methyl sites for hydroxylation is 2. The Balaban J connectivity index is 1.47. The molecule has 0 saturated carbocycles. The van der Waals surface area contributed by atoms with Crippen LogP contribution in [0.5, 0.6) is 0 Å². The topological polar surface area (TPSA) is 95.8 Å². The second-order valence-corrected chi connectivity index (χ2v) is 9.84. The van der Waals surface area contributed by atoms with Gasteiger partial charge >= 0.3 is 0 Å². The summed E-state index contributed by atoms with van der Waals surface area (Å²) >= 11 is 0. The fraction of sp³-hybridized carbons (Fsp3) is 0.524. The van der Waals surface area contributed by atoms with Gasteiger partial charge in [0.25, 0.3) is 0 Å². The number of rotatable bonds is 5. The quantitative estimate of drug-likeness (QED) is 0.780. The van der Waals surface area contributed by atoms with E-state index in [1.807, 2.05) is 24.3 Å². The Morgan fingerprint density at radius 2 is 1.77 bits per heavy atom.